The third-order valence-electron chi connectivity index (χ3n) is 6.42. The van der Waals surface area contributed by atoms with Crippen LogP contribution in [0.2, 0.25) is 0 Å². The molecule has 0 bridgehead atoms. The fourth-order valence-corrected chi connectivity index (χ4v) is 5.51. The maximum absolute atomic E-state index is 13.2. The number of aliphatic carboxylic acids is 1. The lowest BCUT2D eigenvalue weighted by atomic mass is 9.98. The Morgan fingerprint density at radius 3 is 2.66 bits per heavy atom. The van der Waals surface area contributed by atoms with Crippen molar-refractivity contribution < 1.29 is 37.3 Å². The van der Waals surface area contributed by atoms with E-state index in [0.29, 0.717) is 12.1 Å². The molecule has 20 heteroatoms. The molecule has 2 aromatic rings. The minimum atomic E-state index is -4.97. The summed E-state index contributed by atoms with van der Waals surface area (Å²) in [6.07, 6.45) is 2.19. The second kappa shape index (κ2) is 12.0. The zero-order chi connectivity index (χ0) is 29.9. The van der Waals surface area contributed by atoms with Crippen LogP contribution in [0.5, 0.6) is 0 Å². The number of carbonyl (C=O) groups is 3. The molecule has 6 N–H and O–H groups in total. The van der Waals surface area contributed by atoms with Gasteiger partial charge in [-0.3, -0.25) is 18.8 Å². The number of oxime groups is 1. The molecule has 41 heavy (non-hydrogen) atoms. The minimum Gasteiger partial charge on any atom is -0.478 e. The van der Waals surface area contributed by atoms with Gasteiger partial charge in [0, 0.05) is 50.7 Å². The lowest BCUT2D eigenvalue weighted by Gasteiger charge is -2.43. The van der Waals surface area contributed by atoms with E-state index in [1.54, 1.807) is 6.20 Å². The molecule has 2 fully saturated rings. The van der Waals surface area contributed by atoms with E-state index in [-0.39, 0.29) is 21.7 Å². The van der Waals surface area contributed by atoms with Gasteiger partial charge >= 0.3 is 16.3 Å². The number of hydrogen-bond donors (Lipinski definition) is 5. The van der Waals surface area contributed by atoms with Gasteiger partial charge in [0.25, 0.3) is 11.8 Å². The van der Waals surface area contributed by atoms with Gasteiger partial charge in [-0.2, -0.15) is 8.42 Å². The maximum atomic E-state index is 13.2. The molecular formula is C21H30N10O8S2. The van der Waals surface area contributed by atoms with Gasteiger partial charge in [-0.15, -0.1) is 16.4 Å². The Morgan fingerprint density at radius 2 is 2.05 bits per heavy atom. The van der Waals surface area contributed by atoms with E-state index in [1.165, 1.54) is 23.9 Å². The smallest absolute Gasteiger partial charge is 0.362 e. The van der Waals surface area contributed by atoms with Crippen LogP contribution in [0.1, 0.15) is 25.2 Å². The van der Waals surface area contributed by atoms with Gasteiger partial charge in [0.1, 0.15) is 11.7 Å². The van der Waals surface area contributed by atoms with Crippen molar-refractivity contribution in [2.24, 2.45) is 5.16 Å². The Hall–Kier alpha value is -3.72. The molecule has 0 saturated carbocycles. The number of aromatic nitrogens is 4. The molecule has 2 saturated heterocycles. The lowest BCUT2D eigenvalue weighted by Crippen LogP contribution is -2.73. The number of anilines is 1. The highest BCUT2D eigenvalue weighted by Gasteiger charge is 2.54. The number of piperazine rings is 1. The van der Waals surface area contributed by atoms with Gasteiger partial charge in [-0.05, 0) is 13.8 Å². The number of nitrogens with one attached hydrogen (secondary N) is 2. The fraction of sp³-hybridized carbons (Fsp3) is 0.571. The van der Waals surface area contributed by atoms with E-state index in [4.69, 9.17) is 10.6 Å². The average molecular weight is 615 g/mol. The van der Waals surface area contributed by atoms with Crippen molar-refractivity contribution in [3.8, 4) is 0 Å². The molecule has 2 atom stereocenters. The average Bonchev–Trinajstić information content (AvgIpc) is 3.54. The zero-order valence-corrected chi connectivity index (χ0v) is 23.8. The summed E-state index contributed by atoms with van der Waals surface area (Å²) in [7, 11) is -4.97. The summed E-state index contributed by atoms with van der Waals surface area (Å²) in [5, 5.41) is 28.2. The summed E-state index contributed by atoms with van der Waals surface area (Å²) >= 11 is 0.972. The largest absolute Gasteiger partial charge is 0.478 e. The predicted molar refractivity (Wildman–Crippen MR) is 143 cm³/mol. The first kappa shape index (κ1) is 30.2. The van der Waals surface area contributed by atoms with Gasteiger partial charge in [0.2, 0.25) is 5.60 Å². The number of carboxylic acid groups (broad SMARTS) is 1. The molecule has 2 aromatic heterocycles. The van der Waals surface area contributed by atoms with Crippen LogP contribution in [0.4, 0.5) is 5.13 Å². The Kier molecular flexibility index (Phi) is 8.87. The van der Waals surface area contributed by atoms with Crippen molar-refractivity contribution in [1.82, 2.24) is 39.8 Å². The molecule has 2 aliphatic heterocycles. The number of thiazole rings is 1. The molecule has 0 spiro atoms. The number of rotatable bonds is 12. The second-order valence-corrected chi connectivity index (χ2v) is 12.0. The van der Waals surface area contributed by atoms with Gasteiger partial charge in [0.05, 0.1) is 18.3 Å². The fourth-order valence-electron chi connectivity index (χ4n) is 4.09. The Balaban J connectivity index is 1.50. The predicted octanol–water partition coefficient (Wildman–Crippen LogP) is -2.45. The van der Waals surface area contributed by atoms with E-state index in [2.05, 4.69) is 36.0 Å². The highest BCUT2D eigenvalue weighted by atomic mass is 32.2. The number of nitrogens with zero attached hydrogens (tertiary/aromatic N) is 7. The molecule has 0 radical (unpaired) electrons. The van der Waals surface area contributed by atoms with E-state index in [1.807, 2.05) is 0 Å². The van der Waals surface area contributed by atoms with Crippen molar-refractivity contribution in [1.29, 1.82) is 0 Å². The van der Waals surface area contributed by atoms with E-state index in [9.17, 15) is 32.5 Å². The number of carbonyl (C=O) groups excluding carboxylic acids is 2. The lowest BCUT2D eigenvalue weighted by molar-refractivity contribution is -0.161. The number of β-lactam (4-membered cyclic amide) rings is 1. The van der Waals surface area contributed by atoms with Gasteiger partial charge < -0.3 is 31.2 Å². The van der Waals surface area contributed by atoms with Crippen LogP contribution < -0.4 is 16.4 Å². The van der Waals surface area contributed by atoms with Crippen LogP contribution >= 0.6 is 11.3 Å². The summed E-state index contributed by atoms with van der Waals surface area (Å²) in [5.41, 5.74) is 3.91. The van der Waals surface area contributed by atoms with Crippen molar-refractivity contribution >= 4 is 50.3 Å². The Labute approximate surface area is 238 Å². The second-order valence-electron chi connectivity index (χ2n) is 9.82. The minimum absolute atomic E-state index is 0.0634. The Morgan fingerprint density at radius 1 is 1.34 bits per heavy atom. The van der Waals surface area contributed by atoms with Crippen molar-refractivity contribution in [3.05, 3.63) is 23.0 Å². The molecule has 18 nitrogen and oxygen atoms in total. The van der Waals surface area contributed by atoms with Crippen LogP contribution in [0.3, 0.4) is 0 Å². The number of nitrogen functional groups attached to an aromatic ring is 1. The molecule has 2 aliphatic rings. The maximum Gasteiger partial charge on any atom is 0.362 e. The standard InChI is InChI=1S/C21H30N10O8S2/c1-21(2,19(34)35)39-27-15(13-11-40-20(22)24-13)17(32)25-16-14(31(18(16)33)41(36,37)38)10-30-9-12(26-28-30)3-6-29-7-4-23-5-8-29/h9,11,14,16,23H,3-8,10H2,1-2H3,(H2,22,24)(H,25,32)(H,34,35)(H,36,37,38)/b27-15-. The van der Waals surface area contributed by atoms with E-state index in [0.717, 1.165) is 44.1 Å². The summed E-state index contributed by atoms with van der Waals surface area (Å²) < 4.78 is 35.1. The normalized spacial score (nSPS) is 20.5. The van der Waals surface area contributed by atoms with Gasteiger partial charge in [-0.1, -0.05) is 10.4 Å². The number of amides is 2. The summed E-state index contributed by atoms with van der Waals surface area (Å²) in [6.45, 7) is 6.53. The molecule has 4 rings (SSSR count). The quantitative estimate of drug-likeness (QED) is 0.0721. The van der Waals surface area contributed by atoms with Crippen molar-refractivity contribution in [2.45, 2.75) is 44.5 Å². The Bertz CT molecular complexity index is 1430. The number of carboxylic acids is 1. The first-order chi connectivity index (χ1) is 19.3. The summed E-state index contributed by atoms with van der Waals surface area (Å²) in [6, 6.07) is -2.69. The van der Waals surface area contributed by atoms with Crippen LogP contribution in [0, 0.1) is 0 Å². The van der Waals surface area contributed by atoms with Crippen LogP contribution in [0.25, 0.3) is 0 Å². The first-order valence-electron chi connectivity index (χ1n) is 12.4. The molecule has 0 aromatic carbocycles. The van der Waals surface area contributed by atoms with Crippen LogP contribution in [-0.4, -0.2) is 121 Å². The third-order valence-corrected chi connectivity index (χ3v) is 8.04. The summed E-state index contributed by atoms with van der Waals surface area (Å²) in [4.78, 5) is 48.6. The van der Waals surface area contributed by atoms with Gasteiger partial charge in [0.15, 0.2) is 10.8 Å². The van der Waals surface area contributed by atoms with Crippen LogP contribution in [0.15, 0.2) is 16.7 Å². The first-order valence-corrected chi connectivity index (χ1v) is 14.7. The molecule has 2 unspecified atom stereocenters. The van der Waals surface area contributed by atoms with Gasteiger partial charge in [-0.25, -0.2) is 14.1 Å². The topological polar surface area (TPSA) is 248 Å². The van der Waals surface area contributed by atoms with E-state index < -0.39 is 51.5 Å². The van der Waals surface area contributed by atoms with E-state index >= 15 is 0 Å². The molecule has 4 heterocycles. The molecule has 0 aliphatic carbocycles. The van der Waals surface area contributed by atoms with Crippen molar-refractivity contribution in [2.75, 3.05) is 38.5 Å². The third kappa shape index (κ3) is 7.14. The SMILES string of the molecule is CC(C)(O/N=C(\C(=O)NC1C(=O)N(S(=O)(=O)O)C1Cn1cc(CCN2CCNCC2)nn1)c1csc(N)n1)C(=O)O. The summed E-state index contributed by atoms with van der Waals surface area (Å²) in [5.74, 6) is -3.49. The highest BCUT2D eigenvalue weighted by molar-refractivity contribution is 7.84. The van der Waals surface area contributed by atoms with Crippen molar-refractivity contribution in [3.63, 3.8) is 0 Å². The zero-order valence-electron chi connectivity index (χ0n) is 22.1. The molecular weight excluding hydrogens is 584 g/mol. The molecule has 2 amide bonds. The highest BCUT2D eigenvalue weighted by Crippen LogP contribution is 2.25. The number of hydrogen-bond acceptors (Lipinski definition) is 14. The monoisotopic (exact) mass is 614 g/mol. The van der Waals surface area contributed by atoms with Crippen LogP contribution in [-0.2, 0) is 42.5 Å². The molecule has 224 valence electrons. The number of nitrogens with two attached hydrogens (primary N) is 1.